The van der Waals surface area contributed by atoms with E-state index in [1.54, 1.807) is 12.1 Å². The molecule has 2 aromatic rings. The van der Waals surface area contributed by atoms with E-state index < -0.39 is 5.63 Å². The molecule has 0 bridgehead atoms. The molecule has 1 saturated heterocycles. The minimum Gasteiger partial charge on any atom is -0.508 e. The lowest BCUT2D eigenvalue weighted by Gasteiger charge is -2.23. The zero-order valence-electron chi connectivity index (χ0n) is 11.1. The Kier molecular flexibility index (Phi) is 3.46. The largest absolute Gasteiger partial charge is 0.508 e. The summed E-state index contributed by atoms with van der Waals surface area (Å²) in [5.41, 5.74) is 0.849. The number of hydrogen-bond donors (Lipinski definition) is 2. The molecule has 1 fully saturated rings. The number of phenolic OH excluding ortho intramolecular Hbond substituents is 1. The Hall–Kier alpha value is -1.85. The molecule has 3 rings (SSSR count). The Morgan fingerprint density at radius 3 is 3.00 bits per heavy atom. The van der Waals surface area contributed by atoms with Gasteiger partial charge in [0.2, 0.25) is 0 Å². The highest BCUT2D eigenvalue weighted by molar-refractivity contribution is 5.81. The highest BCUT2D eigenvalue weighted by Gasteiger charge is 2.24. The maximum atomic E-state index is 11.6. The topological polar surface area (TPSA) is 73.9 Å². The van der Waals surface area contributed by atoms with Gasteiger partial charge in [-0.2, -0.15) is 0 Å². The summed E-state index contributed by atoms with van der Waals surface area (Å²) in [4.78, 5) is 13.8. The number of aromatic hydroxyl groups is 1. The molecule has 0 amide bonds. The van der Waals surface area contributed by atoms with Crippen molar-refractivity contribution in [2.75, 3.05) is 13.2 Å². The minimum atomic E-state index is -0.419. The Morgan fingerprint density at radius 1 is 1.35 bits per heavy atom. The van der Waals surface area contributed by atoms with Gasteiger partial charge in [-0.1, -0.05) is 0 Å². The minimum absolute atomic E-state index is 0.0761. The Balaban J connectivity index is 2.00. The summed E-state index contributed by atoms with van der Waals surface area (Å²) in [6.07, 6.45) is 2.04. The van der Waals surface area contributed by atoms with Crippen molar-refractivity contribution < 1.29 is 14.6 Å². The first-order valence-corrected chi connectivity index (χ1v) is 6.78. The maximum Gasteiger partial charge on any atom is 0.336 e. The first-order chi connectivity index (χ1) is 9.67. The molecule has 2 N–H and O–H groups in total. The van der Waals surface area contributed by atoms with E-state index in [4.69, 9.17) is 4.42 Å². The summed E-state index contributed by atoms with van der Waals surface area (Å²) in [5, 5.41) is 19.7. The molecule has 106 valence electrons. The molecule has 0 radical (unpaired) electrons. The fourth-order valence-corrected chi connectivity index (χ4v) is 2.88. The molecule has 1 aliphatic heterocycles. The molecular weight excluding hydrogens is 258 g/mol. The SMILES string of the molecule is O=c1cc(CN2CCC[C@H]2CO)c2ccc(O)cc2o1. The Bertz CT molecular complexity index is 679. The molecular formula is C15H17NO4. The van der Waals surface area contributed by atoms with Gasteiger partial charge >= 0.3 is 5.63 Å². The molecule has 20 heavy (non-hydrogen) atoms. The average Bonchev–Trinajstić information content (AvgIpc) is 2.85. The van der Waals surface area contributed by atoms with Gasteiger partial charge in [-0.3, -0.25) is 4.90 Å². The second kappa shape index (κ2) is 5.26. The molecule has 5 nitrogen and oxygen atoms in total. The van der Waals surface area contributed by atoms with Crippen LogP contribution in [0, 0.1) is 0 Å². The zero-order chi connectivity index (χ0) is 14.1. The Labute approximate surface area is 116 Å². The highest BCUT2D eigenvalue weighted by atomic mass is 16.4. The molecule has 0 aliphatic carbocycles. The lowest BCUT2D eigenvalue weighted by Crippen LogP contribution is -2.31. The fourth-order valence-electron chi connectivity index (χ4n) is 2.88. The van der Waals surface area contributed by atoms with Gasteiger partial charge < -0.3 is 14.6 Å². The first kappa shape index (κ1) is 13.1. The van der Waals surface area contributed by atoms with E-state index in [2.05, 4.69) is 4.90 Å². The molecule has 1 aliphatic rings. The number of aliphatic hydroxyl groups is 1. The van der Waals surface area contributed by atoms with Crippen LogP contribution in [0.3, 0.4) is 0 Å². The lowest BCUT2D eigenvalue weighted by atomic mass is 10.1. The predicted molar refractivity (Wildman–Crippen MR) is 74.7 cm³/mol. The molecule has 1 aromatic carbocycles. The van der Waals surface area contributed by atoms with Crippen molar-refractivity contribution in [1.82, 2.24) is 4.90 Å². The van der Waals surface area contributed by atoms with Gasteiger partial charge in [-0.05, 0) is 37.1 Å². The number of phenols is 1. The van der Waals surface area contributed by atoms with Crippen LogP contribution in [0.5, 0.6) is 5.75 Å². The number of aliphatic hydroxyl groups excluding tert-OH is 1. The van der Waals surface area contributed by atoms with E-state index in [0.29, 0.717) is 12.1 Å². The highest BCUT2D eigenvalue weighted by Crippen LogP contribution is 2.25. The third-order valence-corrected chi connectivity index (χ3v) is 3.90. The van der Waals surface area contributed by atoms with Gasteiger partial charge in [0, 0.05) is 30.1 Å². The Morgan fingerprint density at radius 2 is 2.20 bits per heavy atom. The fraction of sp³-hybridized carbons (Fsp3) is 0.400. The quantitative estimate of drug-likeness (QED) is 0.829. The van der Waals surface area contributed by atoms with Crippen LogP contribution < -0.4 is 5.63 Å². The third-order valence-electron chi connectivity index (χ3n) is 3.90. The summed E-state index contributed by atoms with van der Waals surface area (Å²) >= 11 is 0. The summed E-state index contributed by atoms with van der Waals surface area (Å²) in [6, 6.07) is 6.45. The predicted octanol–water partition coefficient (Wildman–Crippen LogP) is 1.46. The molecule has 1 atom stereocenters. The molecule has 0 saturated carbocycles. The van der Waals surface area contributed by atoms with Crippen molar-refractivity contribution >= 4 is 11.0 Å². The van der Waals surface area contributed by atoms with Crippen LogP contribution in [0.15, 0.2) is 33.5 Å². The van der Waals surface area contributed by atoms with Crippen LogP contribution >= 0.6 is 0 Å². The number of benzene rings is 1. The van der Waals surface area contributed by atoms with Crippen molar-refractivity contribution in [1.29, 1.82) is 0 Å². The number of rotatable bonds is 3. The van der Waals surface area contributed by atoms with Crippen LogP contribution in [0.1, 0.15) is 18.4 Å². The van der Waals surface area contributed by atoms with Gasteiger partial charge in [-0.15, -0.1) is 0 Å². The molecule has 0 spiro atoms. The van der Waals surface area contributed by atoms with Gasteiger partial charge in [0.05, 0.1) is 6.61 Å². The number of nitrogens with zero attached hydrogens (tertiary/aromatic N) is 1. The van der Waals surface area contributed by atoms with Crippen LogP contribution in [0.25, 0.3) is 11.0 Å². The van der Waals surface area contributed by atoms with E-state index in [1.165, 1.54) is 12.1 Å². The standard InChI is InChI=1S/C15H17NO4/c17-9-11-2-1-5-16(11)8-10-6-15(19)20-14-7-12(18)3-4-13(10)14/h3-4,6-7,11,17-18H,1-2,5,8-9H2/t11-/m0/s1. The summed E-state index contributed by atoms with van der Waals surface area (Å²) in [6.45, 7) is 1.67. The summed E-state index contributed by atoms with van der Waals surface area (Å²) in [7, 11) is 0. The molecule has 5 heteroatoms. The van der Waals surface area contributed by atoms with E-state index in [-0.39, 0.29) is 18.4 Å². The average molecular weight is 275 g/mol. The second-order valence-corrected chi connectivity index (χ2v) is 5.22. The first-order valence-electron chi connectivity index (χ1n) is 6.78. The van der Waals surface area contributed by atoms with Crippen molar-refractivity contribution in [3.8, 4) is 5.75 Å². The van der Waals surface area contributed by atoms with E-state index in [9.17, 15) is 15.0 Å². The van der Waals surface area contributed by atoms with E-state index >= 15 is 0 Å². The van der Waals surface area contributed by atoms with Gasteiger partial charge in [-0.25, -0.2) is 4.79 Å². The van der Waals surface area contributed by atoms with Crippen LogP contribution in [-0.2, 0) is 6.54 Å². The van der Waals surface area contributed by atoms with Crippen molar-refractivity contribution in [3.05, 3.63) is 40.2 Å². The number of fused-ring (bicyclic) bond motifs is 1. The van der Waals surface area contributed by atoms with Crippen molar-refractivity contribution in [3.63, 3.8) is 0 Å². The van der Waals surface area contributed by atoms with Crippen molar-refractivity contribution in [2.45, 2.75) is 25.4 Å². The van der Waals surface area contributed by atoms with Crippen molar-refractivity contribution in [2.24, 2.45) is 0 Å². The van der Waals surface area contributed by atoms with Gasteiger partial charge in [0.15, 0.2) is 0 Å². The van der Waals surface area contributed by atoms with Crippen LogP contribution in [0.4, 0.5) is 0 Å². The van der Waals surface area contributed by atoms with E-state index in [0.717, 1.165) is 30.3 Å². The van der Waals surface area contributed by atoms with Crippen LogP contribution in [-0.4, -0.2) is 34.3 Å². The van der Waals surface area contributed by atoms with E-state index in [1.807, 2.05) is 0 Å². The lowest BCUT2D eigenvalue weighted by molar-refractivity contribution is 0.154. The normalized spacial score (nSPS) is 19.8. The van der Waals surface area contributed by atoms with Gasteiger partial charge in [0.1, 0.15) is 11.3 Å². The smallest absolute Gasteiger partial charge is 0.336 e. The number of hydrogen-bond acceptors (Lipinski definition) is 5. The molecule has 1 aromatic heterocycles. The zero-order valence-corrected chi connectivity index (χ0v) is 11.1. The molecule has 0 unspecified atom stereocenters. The third kappa shape index (κ3) is 2.42. The van der Waals surface area contributed by atoms with Gasteiger partial charge in [0.25, 0.3) is 0 Å². The number of likely N-dealkylation sites (tertiary alicyclic amines) is 1. The summed E-state index contributed by atoms with van der Waals surface area (Å²) < 4.78 is 5.12. The summed E-state index contributed by atoms with van der Waals surface area (Å²) in [5.74, 6) is 0.0761. The second-order valence-electron chi connectivity index (χ2n) is 5.22. The molecule has 2 heterocycles. The van der Waals surface area contributed by atoms with Crippen LogP contribution in [0.2, 0.25) is 0 Å². The monoisotopic (exact) mass is 275 g/mol. The maximum absolute atomic E-state index is 11.6.